The monoisotopic (exact) mass is 367 g/mol. The number of nitrogens with zero attached hydrogens (tertiary/aromatic N) is 1. The standard InChI is InChI=1S/C24H27F2N/c1-2-3-4-5-18-8-12-21(13-9-18)22-14-10-19(11-15-22)6-7-20-16-23(25)24(26)27-17-20/h10-11,14-18,21H,2-5,8-9,12-13H2,1H3. The number of aromatic nitrogens is 1. The molecule has 1 saturated carbocycles. The van der Waals surface area contributed by atoms with Crippen LogP contribution in [0.5, 0.6) is 0 Å². The number of rotatable bonds is 5. The first kappa shape index (κ1) is 19.5. The Kier molecular flexibility index (Phi) is 6.98. The van der Waals surface area contributed by atoms with Crippen LogP contribution in [0.3, 0.4) is 0 Å². The predicted octanol–water partition coefficient (Wildman–Crippen LogP) is 6.61. The van der Waals surface area contributed by atoms with Gasteiger partial charge in [-0.25, -0.2) is 9.37 Å². The van der Waals surface area contributed by atoms with Gasteiger partial charge in [0.05, 0.1) is 0 Å². The Morgan fingerprint density at radius 1 is 0.963 bits per heavy atom. The van der Waals surface area contributed by atoms with Crippen molar-refractivity contribution in [1.82, 2.24) is 4.98 Å². The van der Waals surface area contributed by atoms with Crippen LogP contribution in [0.2, 0.25) is 0 Å². The molecule has 3 heteroatoms. The minimum atomic E-state index is -1.09. The van der Waals surface area contributed by atoms with Crippen LogP contribution in [0, 0.1) is 29.5 Å². The Balaban J connectivity index is 1.55. The molecule has 0 aliphatic heterocycles. The summed E-state index contributed by atoms with van der Waals surface area (Å²) in [5.74, 6) is 5.35. The largest absolute Gasteiger partial charge is 0.248 e. The van der Waals surface area contributed by atoms with Crippen molar-refractivity contribution < 1.29 is 8.78 Å². The molecular weight excluding hydrogens is 340 g/mol. The molecule has 3 rings (SSSR count). The van der Waals surface area contributed by atoms with Gasteiger partial charge in [-0.1, -0.05) is 56.6 Å². The SMILES string of the molecule is CCCCCC1CCC(c2ccc(C#Cc3cnc(F)c(F)c3)cc2)CC1. The van der Waals surface area contributed by atoms with Crippen LogP contribution >= 0.6 is 0 Å². The minimum Gasteiger partial charge on any atom is -0.224 e. The van der Waals surface area contributed by atoms with Gasteiger partial charge in [0, 0.05) is 17.3 Å². The van der Waals surface area contributed by atoms with Crippen molar-refractivity contribution in [2.24, 2.45) is 5.92 Å². The molecule has 1 heterocycles. The van der Waals surface area contributed by atoms with Crippen molar-refractivity contribution >= 4 is 0 Å². The third-order valence-corrected chi connectivity index (χ3v) is 5.59. The summed E-state index contributed by atoms with van der Waals surface area (Å²) in [5, 5.41) is 0. The van der Waals surface area contributed by atoms with Gasteiger partial charge in [-0.3, -0.25) is 0 Å². The Morgan fingerprint density at radius 2 is 1.67 bits per heavy atom. The van der Waals surface area contributed by atoms with E-state index in [1.165, 1.54) is 63.1 Å². The highest BCUT2D eigenvalue weighted by Crippen LogP contribution is 2.37. The zero-order valence-electron chi connectivity index (χ0n) is 16.0. The Hall–Kier alpha value is -2.21. The van der Waals surface area contributed by atoms with Crippen LogP contribution < -0.4 is 0 Å². The quantitative estimate of drug-likeness (QED) is 0.329. The fraction of sp³-hybridized carbons (Fsp3) is 0.458. The summed E-state index contributed by atoms with van der Waals surface area (Å²) in [7, 11) is 0. The second-order valence-corrected chi connectivity index (χ2v) is 7.58. The molecule has 27 heavy (non-hydrogen) atoms. The van der Waals surface area contributed by atoms with Gasteiger partial charge in [-0.2, -0.15) is 4.39 Å². The van der Waals surface area contributed by atoms with Crippen molar-refractivity contribution in [2.45, 2.75) is 64.2 Å². The van der Waals surface area contributed by atoms with Gasteiger partial charge in [0.15, 0.2) is 5.82 Å². The molecule has 0 spiro atoms. The van der Waals surface area contributed by atoms with E-state index in [0.717, 1.165) is 17.5 Å². The lowest BCUT2D eigenvalue weighted by atomic mass is 9.77. The first-order chi connectivity index (χ1) is 13.2. The fourth-order valence-corrected chi connectivity index (χ4v) is 3.94. The van der Waals surface area contributed by atoms with Gasteiger partial charge >= 0.3 is 0 Å². The first-order valence-corrected chi connectivity index (χ1v) is 10.1. The Labute approximate surface area is 161 Å². The van der Waals surface area contributed by atoms with E-state index in [-0.39, 0.29) is 0 Å². The van der Waals surface area contributed by atoms with Crippen molar-refractivity contribution in [3.63, 3.8) is 0 Å². The lowest BCUT2D eigenvalue weighted by molar-refractivity contribution is 0.303. The zero-order chi connectivity index (χ0) is 19.1. The Bertz CT molecular complexity index is 793. The molecule has 1 aromatic carbocycles. The summed E-state index contributed by atoms with van der Waals surface area (Å²) in [4.78, 5) is 3.35. The number of unbranched alkanes of at least 4 members (excludes halogenated alkanes) is 2. The Morgan fingerprint density at radius 3 is 2.33 bits per heavy atom. The molecule has 0 N–H and O–H groups in total. The summed E-state index contributed by atoms with van der Waals surface area (Å²) < 4.78 is 26.0. The molecule has 0 saturated heterocycles. The highest BCUT2D eigenvalue weighted by atomic mass is 19.2. The van der Waals surface area contributed by atoms with Gasteiger partial charge in [-0.15, -0.1) is 0 Å². The maximum Gasteiger partial charge on any atom is 0.248 e. The summed E-state index contributed by atoms with van der Waals surface area (Å²) >= 11 is 0. The number of hydrogen-bond donors (Lipinski definition) is 0. The summed E-state index contributed by atoms with van der Waals surface area (Å²) in [6, 6.07) is 9.43. The van der Waals surface area contributed by atoms with Gasteiger partial charge < -0.3 is 0 Å². The molecule has 1 fully saturated rings. The molecule has 0 bridgehead atoms. The summed E-state index contributed by atoms with van der Waals surface area (Å²) in [6.07, 6.45) is 11.9. The van der Waals surface area contributed by atoms with Crippen LogP contribution in [-0.2, 0) is 0 Å². The van der Waals surface area contributed by atoms with E-state index in [9.17, 15) is 8.78 Å². The molecule has 1 aliphatic carbocycles. The fourth-order valence-electron chi connectivity index (χ4n) is 3.94. The highest BCUT2D eigenvalue weighted by Gasteiger charge is 2.21. The maximum absolute atomic E-state index is 13.2. The molecule has 0 unspecified atom stereocenters. The number of benzene rings is 1. The van der Waals surface area contributed by atoms with Crippen LogP contribution in [0.15, 0.2) is 36.5 Å². The third kappa shape index (κ3) is 5.63. The maximum atomic E-state index is 13.2. The molecule has 1 aliphatic rings. The lowest BCUT2D eigenvalue weighted by Gasteiger charge is -2.29. The van der Waals surface area contributed by atoms with Crippen molar-refractivity contribution in [1.29, 1.82) is 0 Å². The molecule has 142 valence electrons. The lowest BCUT2D eigenvalue weighted by Crippen LogP contribution is -2.13. The van der Waals surface area contributed by atoms with Gasteiger partial charge in [0.25, 0.3) is 0 Å². The summed E-state index contributed by atoms with van der Waals surface area (Å²) in [6.45, 7) is 2.26. The normalized spacial score (nSPS) is 19.4. The summed E-state index contributed by atoms with van der Waals surface area (Å²) in [5.41, 5.74) is 2.64. The van der Waals surface area contributed by atoms with E-state index in [1.807, 2.05) is 12.1 Å². The molecular formula is C24H27F2N. The average Bonchev–Trinajstić information content (AvgIpc) is 2.70. The van der Waals surface area contributed by atoms with E-state index >= 15 is 0 Å². The molecule has 0 atom stereocenters. The topological polar surface area (TPSA) is 12.9 Å². The van der Waals surface area contributed by atoms with Crippen LogP contribution in [-0.4, -0.2) is 4.98 Å². The minimum absolute atomic E-state index is 0.374. The smallest absolute Gasteiger partial charge is 0.224 e. The van der Waals surface area contributed by atoms with E-state index in [0.29, 0.717) is 11.5 Å². The van der Waals surface area contributed by atoms with Crippen LogP contribution in [0.25, 0.3) is 0 Å². The van der Waals surface area contributed by atoms with Crippen LogP contribution in [0.4, 0.5) is 8.78 Å². The van der Waals surface area contributed by atoms with E-state index in [4.69, 9.17) is 0 Å². The van der Waals surface area contributed by atoms with E-state index < -0.39 is 11.8 Å². The second kappa shape index (κ2) is 9.65. The predicted molar refractivity (Wildman–Crippen MR) is 105 cm³/mol. The van der Waals surface area contributed by atoms with Gasteiger partial charge in [-0.05, 0) is 61.3 Å². The third-order valence-electron chi connectivity index (χ3n) is 5.59. The first-order valence-electron chi connectivity index (χ1n) is 10.1. The highest BCUT2D eigenvalue weighted by molar-refractivity contribution is 5.43. The van der Waals surface area contributed by atoms with Gasteiger partial charge in [0.2, 0.25) is 5.95 Å². The van der Waals surface area contributed by atoms with E-state index in [2.05, 4.69) is 35.9 Å². The second-order valence-electron chi connectivity index (χ2n) is 7.58. The number of halogens is 2. The van der Waals surface area contributed by atoms with Crippen molar-refractivity contribution in [2.75, 3.05) is 0 Å². The zero-order valence-corrected chi connectivity index (χ0v) is 16.0. The average molecular weight is 367 g/mol. The van der Waals surface area contributed by atoms with E-state index in [1.54, 1.807) is 0 Å². The van der Waals surface area contributed by atoms with Crippen LogP contribution in [0.1, 0.15) is 80.9 Å². The molecule has 0 radical (unpaired) electrons. The molecule has 2 aromatic rings. The van der Waals surface area contributed by atoms with Crippen molar-refractivity contribution in [3.05, 3.63) is 65.0 Å². The van der Waals surface area contributed by atoms with Crippen molar-refractivity contribution in [3.8, 4) is 11.8 Å². The van der Waals surface area contributed by atoms with Gasteiger partial charge in [0.1, 0.15) is 0 Å². The molecule has 0 amide bonds. The molecule has 1 nitrogen and oxygen atoms in total. The molecule has 1 aromatic heterocycles. The number of pyridine rings is 1. The number of hydrogen-bond acceptors (Lipinski definition) is 1.